The fourth-order valence-electron chi connectivity index (χ4n) is 3.94. The molecule has 6 nitrogen and oxygen atoms in total. The molecule has 0 radical (unpaired) electrons. The predicted molar refractivity (Wildman–Crippen MR) is 121 cm³/mol. The van der Waals surface area contributed by atoms with Crippen molar-refractivity contribution in [1.29, 1.82) is 0 Å². The van der Waals surface area contributed by atoms with Gasteiger partial charge in [-0.1, -0.05) is 30.7 Å². The van der Waals surface area contributed by atoms with Crippen LogP contribution in [0.4, 0.5) is 10.1 Å². The molecule has 0 saturated heterocycles. The van der Waals surface area contributed by atoms with Crippen molar-refractivity contribution in [2.45, 2.75) is 32.1 Å². The lowest BCUT2D eigenvalue weighted by Crippen LogP contribution is -2.16. The van der Waals surface area contributed by atoms with E-state index in [9.17, 15) is 12.8 Å². The topological polar surface area (TPSA) is 87.7 Å². The smallest absolute Gasteiger partial charge is 0.232 e. The van der Waals surface area contributed by atoms with Gasteiger partial charge in [0.2, 0.25) is 10.0 Å². The van der Waals surface area contributed by atoms with Crippen molar-refractivity contribution in [2.24, 2.45) is 0 Å². The number of aromatic amines is 1. The molecule has 0 atom stereocenters. The molecule has 5 rings (SSSR count). The minimum absolute atomic E-state index is 0.0318. The minimum atomic E-state index is -3.56. The van der Waals surface area contributed by atoms with Gasteiger partial charge in [0.25, 0.3) is 0 Å². The van der Waals surface area contributed by atoms with Crippen LogP contribution in [0.1, 0.15) is 37.8 Å². The standard InChI is InChI=1S/C22H20ClFN4O2S/c1-2-9-31(29,30)28-18-8-7-17(24)19(20(18)23)13-5-6-14-15(10-13)21(12-3-4-12)26-22-16(14)11-25-27-22/h5-8,10-12,28H,2-4,9H2,1H3,(H,25,26,27). The highest BCUT2D eigenvalue weighted by Gasteiger charge is 2.28. The zero-order valence-electron chi connectivity index (χ0n) is 16.7. The summed E-state index contributed by atoms with van der Waals surface area (Å²) in [6.45, 7) is 1.77. The average molecular weight is 459 g/mol. The maximum atomic E-state index is 14.9. The number of H-pyrrole nitrogens is 1. The van der Waals surface area contributed by atoms with Crippen molar-refractivity contribution in [3.8, 4) is 11.1 Å². The monoisotopic (exact) mass is 458 g/mol. The number of hydrogen-bond donors (Lipinski definition) is 2. The lowest BCUT2D eigenvalue weighted by Gasteiger charge is -2.14. The summed E-state index contributed by atoms with van der Waals surface area (Å²) in [4.78, 5) is 4.76. The Kier molecular flexibility index (Phi) is 4.86. The molecule has 2 heterocycles. The summed E-state index contributed by atoms with van der Waals surface area (Å²) in [7, 11) is -3.56. The highest BCUT2D eigenvalue weighted by atomic mass is 35.5. The Morgan fingerprint density at radius 2 is 2.00 bits per heavy atom. The first-order valence-corrected chi connectivity index (χ1v) is 12.2. The van der Waals surface area contributed by atoms with Gasteiger partial charge >= 0.3 is 0 Å². The summed E-state index contributed by atoms with van der Waals surface area (Å²) in [6, 6.07) is 8.17. The molecular weight excluding hydrogens is 439 g/mol. The van der Waals surface area contributed by atoms with E-state index in [1.165, 1.54) is 12.1 Å². The quantitative estimate of drug-likeness (QED) is 0.393. The number of halogens is 2. The summed E-state index contributed by atoms with van der Waals surface area (Å²) in [5.41, 5.74) is 2.59. The molecule has 2 aromatic carbocycles. The van der Waals surface area contributed by atoms with Crippen LogP contribution in [0.25, 0.3) is 32.9 Å². The van der Waals surface area contributed by atoms with Crippen LogP contribution in [0.3, 0.4) is 0 Å². The first-order valence-electron chi connectivity index (χ1n) is 10.1. The molecule has 9 heteroatoms. The maximum Gasteiger partial charge on any atom is 0.232 e. The van der Waals surface area contributed by atoms with Crippen LogP contribution in [0.15, 0.2) is 36.5 Å². The molecule has 4 aromatic rings. The molecule has 0 bridgehead atoms. The van der Waals surface area contributed by atoms with Crippen LogP contribution in [0.5, 0.6) is 0 Å². The van der Waals surface area contributed by atoms with Gasteiger partial charge < -0.3 is 0 Å². The molecule has 0 spiro atoms. The van der Waals surface area contributed by atoms with Gasteiger partial charge in [0.05, 0.1) is 28.4 Å². The highest BCUT2D eigenvalue weighted by Crippen LogP contribution is 2.45. The Bertz CT molecular complexity index is 1430. The fraction of sp³-hybridized carbons (Fsp3) is 0.273. The van der Waals surface area contributed by atoms with E-state index in [1.807, 2.05) is 12.1 Å². The van der Waals surface area contributed by atoms with Gasteiger partial charge in [0, 0.05) is 22.3 Å². The third-order valence-corrected chi connectivity index (χ3v) is 7.39. The summed E-state index contributed by atoms with van der Waals surface area (Å²) in [5, 5.41) is 9.89. The maximum absolute atomic E-state index is 14.9. The lowest BCUT2D eigenvalue weighted by atomic mass is 9.97. The second-order valence-corrected chi connectivity index (χ2v) is 10.1. The van der Waals surface area contributed by atoms with Gasteiger partial charge in [-0.05, 0) is 48.4 Å². The van der Waals surface area contributed by atoms with Gasteiger partial charge in [-0.15, -0.1) is 0 Å². The summed E-state index contributed by atoms with van der Waals surface area (Å²) in [5.74, 6) is -0.186. The zero-order chi connectivity index (χ0) is 21.8. The van der Waals surface area contributed by atoms with Crippen LogP contribution in [-0.2, 0) is 10.0 Å². The van der Waals surface area contributed by atoms with Crippen LogP contribution < -0.4 is 4.72 Å². The van der Waals surface area contributed by atoms with Gasteiger partial charge in [-0.25, -0.2) is 17.8 Å². The van der Waals surface area contributed by atoms with E-state index in [1.54, 1.807) is 19.2 Å². The van der Waals surface area contributed by atoms with E-state index in [4.69, 9.17) is 16.6 Å². The summed E-state index contributed by atoms with van der Waals surface area (Å²) >= 11 is 6.50. The van der Waals surface area contributed by atoms with E-state index in [-0.39, 0.29) is 22.0 Å². The Hall–Kier alpha value is -2.71. The Labute approximate surface area is 183 Å². The molecule has 1 aliphatic rings. The number of benzene rings is 2. The van der Waals surface area contributed by atoms with Crippen molar-refractivity contribution >= 4 is 49.1 Å². The van der Waals surface area contributed by atoms with E-state index in [0.717, 1.165) is 40.3 Å². The predicted octanol–water partition coefficient (Wildman–Crippen LogP) is 5.60. The van der Waals surface area contributed by atoms with Crippen LogP contribution in [0.2, 0.25) is 5.02 Å². The van der Waals surface area contributed by atoms with Crippen molar-refractivity contribution in [3.05, 3.63) is 53.1 Å². The second-order valence-electron chi connectivity index (χ2n) is 7.87. The minimum Gasteiger partial charge on any atom is -0.282 e. The average Bonchev–Trinajstić information content (AvgIpc) is 3.46. The van der Waals surface area contributed by atoms with Crippen LogP contribution in [0, 0.1) is 5.82 Å². The molecule has 2 N–H and O–H groups in total. The number of aromatic nitrogens is 3. The molecule has 1 saturated carbocycles. The SMILES string of the molecule is CCCS(=O)(=O)Nc1ccc(F)c(-c2ccc3c(c2)c(C2CC2)nc2[nH]ncc23)c1Cl. The van der Waals surface area contributed by atoms with E-state index in [2.05, 4.69) is 14.9 Å². The number of pyridine rings is 1. The molecule has 160 valence electrons. The number of anilines is 1. The number of nitrogens with one attached hydrogen (secondary N) is 2. The number of sulfonamides is 1. The third-order valence-electron chi connectivity index (χ3n) is 5.52. The second kappa shape index (κ2) is 7.46. The largest absolute Gasteiger partial charge is 0.282 e. The first-order chi connectivity index (χ1) is 14.9. The Morgan fingerprint density at radius 1 is 1.19 bits per heavy atom. The first kappa shape index (κ1) is 20.2. The van der Waals surface area contributed by atoms with E-state index >= 15 is 0 Å². The van der Waals surface area contributed by atoms with Crippen molar-refractivity contribution in [3.63, 3.8) is 0 Å². The normalized spacial score (nSPS) is 14.4. The molecule has 31 heavy (non-hydrogen) atoms. The number of rotatable bonds is 6. The van der Waals surface area contributed by atoms with Crippen molar-refractivity contribution in [2.75, 3.05) is 10.5 Å². The number of fused-ring (bicyclic) bond motifs is 3. The molecule has 2 aromatic heterocycles. The van der Waals surface area contributed by atoms with Crippen LogP contribution in [-0.4, -0.2) is 29.4 Å². The number of nitrogens with zero attached hydrogens (tertiary/aromatic N) is 2. The van der Waals surface area contributed by atoms with Crippen molar-refractivity contribution in [1.82, 2.24) is 15.2 Å². The Morgan fingerprint density at radius 3 is 2.74 bits per heavy atom. The summed E-state index contributed by atoms with van der Waals surface area (Å²) in [6.07, 6.45) is 4.33. The van der Waals surface area contributed by atoms with E-state index in [0.29, 0.717) is 17.9 Å². The third kappa shape index (κ3) is 3.64. The molecular formula is C22H20ClFN4O2S. The van der Waals surface area contributed by atoms with Crippen molar-refractivity contribution < 1.29 is 12.8 Å². The molecule has 1 aliphatic carbocycles. The fourth-order valence-corrected chi connectivity index (χ4v) is 5.45. The van der Waals surface area contributed by atoms with Gasteiger partial charge in [0.15, 0.2) is 5.65 Å². The summed E-state index contributed by atoms with van der Waals surface area (Å²) < 4.78 is 41.8. The molecule has 0 aliphatic heterocycles. The van der Waals surface area contributed by atoms with Gasteiger partial charge in [0.1, 0.15) is 5.82 Å². The van der Waals surface area contributed by atoms with Gasteiger partial charge in [-0.2, -0.15) is 5.10 Å². The lowest BCUT2D eigenvalue weighted by molar-refractivity contribution is 0.599. The number of hydrogen-bond acceptors (Lipinski definition) is 4. The van der Waals surface area contributed by atoms with E-state index < -0.39 is 15.8 Å². The highest BCUT2D eigenvalue weighted by molar-refractivity contribution is 7.92. The van der Waals surface area contributed by atoms with Gasteiger partial charge in [-0.3, -0.25) is 9.82 Å². The molecule has 1 fully saturated rings. The van der Waals surface area contributed by atoms with Crippen LogP contribution >= 0.6 is 11.6 Å². The zero-order valence-corrected chi connectivity index (χ0v) is 18.3. The molecule has 0 amide bonds. The Balaban J connectivity index is 1.68. The molecule has 0 unspecified atom stereocenters.